The molecular formula is C24H24FN3O. The van der Waals surface area contributed by atoms with E-state index in [1.165, 1.54) is 43.5 Å². The molecule has 6 rings (SSSR count). The molecule has 1 saturated carbocycles. The van der Waals surface area contributed by atoms with Crippen LogP contribution in [0, 0.1) is 17.7 Å². The Kier molecular flexibility index (Phi) is 4.66. The molecule has 29 heavy (non-hydrogen) atoms. The summed E-state index contributed by atoms with van der Waals surface area (Å²) in [7, 11) is 0. The number of pyridine rings is 1. The number of fused-ring (bicyclic) bond motifs is 5. The van der Waals surface area contributed by atoms with Crippen LogP contribution in [0.25, 0.3) is 10.9 Å². The Hall–Kier alpha value is -2.95. The maximum Gasteiger partial charge on any atom is 0.255 e. The van der Waals surface area contributed by atoms with E-state index in [-0.39, 0.29) is 11.7 Å². The topological polar surface area (TPSA) is 45.2 Å². The van der Waals surface area contributed by atoms with Crippen LogP contribution in [0.3, 0.4) is 0 Å². The Morgan fingerprint density at radius 1 is 0.966 bits per heavy atom. The summed E-state index contributed by atoms with van der Waals surface area (Å²) >= 11 is 0. The number of anilines is 2. The predicted molar refractivity (Wildman–Crippen MR) is 114 cm³/mol. The maximum atomic E-state index is 13.4. The van der Waals surface area contributed by atoms with Gasteiger partial charge in [0.25, 0.3) is 5.91 Å². The molecule has 3 aromatic rings. The van der Waals surface area contributed by atoms with Crippen molar-refractivity contribution in [2.24, 2.45) is 11.8 Å². The monoisotopic (exact) mass is 389 g/mol. The van der Waals surface area contributed by atoms with Gasteiger partial charge in [-0.15, -0.1) is 0 Å². The van der Waals surface area contributed by atoms with E-state index in [0.717, 1.165) is 24.9 Å². The summed E-state index contributed by atoms with van der Waals surface area (Å²) in [4.78, 5) is 19.4. The Bertz CT molecular complexity index is 1030. The van der Waals surface area contributed by atoms with Crippen LogP contribution < -0.4 is 10.2 Å². The van der Waals surface area contributed by atoms with Gasteiger partial charge in [0.15, 0.2) is 0 Å². The SMILES string of the molecule is O=C(Nc1cnc2ccc(F)cc2c1)c1ccc(N2CC3CCC(CC3)C2)cc1. The van der Waals surface area contributed by atoms with Gasteiger partial charge in [-0.2, -0.15) is 0 Å². The molecule has 1 amide bonds. The number of benzene rings is 2. The van der Waals surface area contributed by atoms with E-state index >= 15 is 0 Å². The largest absolute Gasteiger partial charge is 0.371 e. The molecule has 4 nitrogen and oxygen atoms in total. The summed E-state index contributed by atoms with van der Waals surface area (Å²) in [5.41, 5.74) is 3.05. The lowest BCUT2D eigenvalue weighted by molar-refractivity contribution is 0.102. The van der Waals surface area contributed by atoms with Gasteiger partial charge in [-0.05, 0) is 86.1 Å². The zero-order valence-electron chi connectivity index (χ0n) is 16.3. The zero-order chi connectivity index (χ0) is 19.8. The van der Waals surface area contributed by atoms with Crippen LogP contribution in [-0.2, 0) is 0 Å². The summed E-state index contributed by atoms with van der Waals surface area (Å²) in [5, 5.41) is 3.53. The molecule has 0 spiro atoms. The number of hydrogen-bond acceptors (Lipinski definition) is 3. The van der Waals surface area contributed by atoms with E-state index in [2.05, 4.69) is 15.2 Å². The van der Waals surface area contributed by atoms with Gasteiger partial charge in [-0.3, -0.25) is 9.78 Å². The molecule has 0 radical (unpaired) electrons. The van der Waals surface area contributed by atoms with Crippen molar-refractivity contribution in [1.82, 2.24) is 4.98 Å². The van der Waals surface area contributed by atoms with E-state index in [1.807, 2.05) is 24.3 Å². The summed E-state index contributed by atoms with van der Waals surface area (Å²) in [6.45, 7) is 2.25. The molecule has 148 valence electrons. The van der Waals surface area contributed by atoms with Gasteiger partial charge >= 0.3 is 0 Å². The van der Waals surface area contributed by atoms with Crippen LogP contribution in [0.5, 0.6) is 0 Å². The minimum atomic E-state index is -0.319. The third kappa shape index (κ3) is 3.82. The lowest BCUT2D eigenvalue weighted by Crippen LogP contribution is -2.28. The van der Waals surface area contributed by atoms with Crippen molar-refractivity contribution in [2.45, 2.75) is 25.7 Å². The summed E-state index contributed by atoms with van der Waals surface area (Å²) in [6.07, 6.45) is 7.01. The second kappa shape index (κ2) is 7.47. The van der Waals surface area contributed by atoms with Gasteiger partial charge in [-0.1, -0.05) is 0 Å². The highest BCUT2D eigenvalue weighted by atomic mass is 19.1. The fourth-order valence-corrected chi connectivity index (χ4v) is 4.70. The summed E-state index contributed by atoms with van der Waals surface area (Å²) in [6, 6.07) is 14.0. The first kappa shape index (κ1) is 18.1. The summed E-state index contributed by atoms with van der Waals surface area (Å²) in [5.74, 6) is 1.11. The average molecular weight is 389 g/mol. The molecule has 2 saturated heterocycles. The second-order valence-electron chi connectivity index (χ2n) is 8.35. The van der Waals surface area contributed by atoms with Gasteiger partial charge < -0.3 is 10.2 Å². The Morgan fingerprint density at radius 2 is 1.66 bits per heavy atom. The standard InChI is InChI=1S/C24H24FN3O/c25-20-7-10-23-19(11-20)12-21(13-26-23)27-24(29)18-5-8-22(9-6-18)28-14-16-1-2-17(15-28)4-3-16/h5-13,16-17H,1-4,14-15H2,(H,27,29). The zero-order valence-corrected chi connectivity index (χ0v) is 16.3. The first-order valence-corrected chi connectivity index (χ1v) is 10.4. The number of amides is 1. The molecule has 1 aromatic heterocycles. The van der Waals surface area contributed by atoms with Crippen molar-refractivity contribution >= 4 is 28.2 Å². The van der Waals surface area contributed by atoms with E-state index in [9.17, 15) is 9.18 Å². The van der Waals surface area contributed by atoms with Crippen LogP contribution in [-0.4, -0.2) is 24.0 Å². The van der Waals surface area contributed by atoms with E-state index < -0.39 is 0 Å². The van der Waals surface area contributed by atoms with Gasteiger partial charge in [0.2, 0.25) is 0 Å². The molecule has 2 aliphatic heterocycles. The molecule has 5 heteroatoms. The van der Waals surface area contributed by atoms with Crippen LogP contribution in [0.1, 0.15) is 36.0 Å². The fourth-order valence-electron chi connectivity index (χ4n) is 4.70. The van der Waals surface area contributed by atoms with Crippen LogP contribution >= 0.6 is 0 Å². The maximum absolute atomic E-state index is 13.4. The molecule has 0 unspecified atom stereocenters. The first-order valence-electron chi connectivity index (χ1n) is 10.4. The number of hydrogen-bond donors (Lipinski definition) is 1. The van der Waals surface area contributed by atoms with Crippen LogP contribution in [0.2, 0.25) is 0 Å². The highest BCUT2D eigenvalue weighted by Crippen LogP contribution is 2.35. The smallest absolute Gasteiger partial charge is 0.255 e. The third-order valence-corrected chi connectivity index (χ3v) is 6.32. The number of carbonyl (C=O) groups excluding carboxylic acids is 1. The Balaban J connectivity index is 1.30. The highest BCUT2D eigenvalue weighted by molar-refractivity contribution is 6.05. The van der Waals surface area contributed by atoms with Crippen LogP contribution in [0.15, 0.2) is 54.7 Å². The van der Waals surface area contributed by atoms with Crippen molar-refractivity contribution < 1.29 is 9.18 Å². The molecule has 3 fully saturated rings. The highest BCUT2D eigenvalue weighted by Gasteiger charge is 2.29. The van der Waals surface area contributed by atoms with Gasteiger partial charge in [0, 0.05) is 29.7 Å². The van der Waals surface area contributed by atoms with E-state index in [4.69, 9.17) is 0 Å². The molecule has 0 atom stereocenters. The number of carbonyl (C=O) groups is 1. The lowest BCUT2D eigenvalue weighted by atomic mass is 9.84. The number of rotatable bonds is 3. The van der Waals surface area contributed by atoms with Crippen molar-refractivity contribution in [3.8, 4) is 0 Å². The van der Waals surface area contributed by atoms with Gasteiger partial charge in [-0.25, -0.2) is 4.39 Å². The molecule has 3 aliphatic rings. The number of aromatic nitrogens is 1. The van der Waals surface area contributed by atoms with Gasteiger partial charge in [0.05, 0.1) is 17.4 Å². The Labute approximate surface area is 169 Å². The Morgan fingerprint density at radius 3 is 2.34 bits per heavy atom. The average Bonchev–Trinajstić information content (AvgIpc) is 3.07. The van der Waals surface area contributed by atoms with E-state index in [1.54, 1.807) is 18.3 Å². The molecule has 3 heterocycles. The predicted octanol–water partition coefficient (Wildman–Crippen LogP) is 5.25. The normalized spacial score (nSPS) is 21.2. The van der Waals surface area contributed by atoms with Crippen molar-refractivity contribution in [2.75, 3.05) is 23.3 Å². The number of halogens is 1. The molecular weight excluding hydrogens is 365 g/mol. The number of nitrogens with one attached hydrogen (secondary N) is 1. The summed E-state index contributed by atoms with van der Waals surface area (Å²) < 4.78 is 13.4. The third-order valence-electron chi connectivity index (χ3n) is 6.32. The molecule has 2 bridgehead atoms. The fraction of sp³-hybridized carbons (Fsp3) is 0.333. The van der Waals surface area contributed by atoms with E-state index in [0.29, 0.717) is 22.2 Å². The minimum Gasteiger partial charge on any atom is -0.371 e. The van der Waals surface area contributed by atoms with Crippen molar-refractivity contribution in [1.29, 1.82) is 0 Å². The molecule has 2 aromatic carbocycles. The molecule has 1 N–H and O–H groups in total. The van der Waals surface area contributed by atoms with Crippen molar-refractivity contribution in [3.05, 3.63) is 66.1 Å². The second-order valence-corrected chi connectivity index (χ2v) is 8.35. The molecule has 1 aliphatic carbocycles. The van der Waals surface area contributed by atoms with Crippen LogP contribution in [0.4, 0.5) is 15.8 Å². The first-order chi connectivity index (χ1) is 14.1. The number of nitrogens with zero attached hydrogens (tertiary/aromatic N) is 2. The quantitative estimate of drug-likeness (QED) is 0.665. The minimum absolute atomic E-state index is 0.190. The van der Waals surface area contributed by atoms with Crippen molar-refractivity contribution in [3.63, 3.8) is 0 Å². The lowest BCUT2D eigenvalue weighted by Gasteiger charge is -2.25. The van der Waals surface area contributed by atoms with Gasteiger partial charge in [0.1, 0.15) is 5.82 Å².